The van der Waals surface area contributed by atoms with Crippen molar-refractivity contribution in [1.29, 1.82) is 0 Å². The molecule has 1 atom stereocenters. The Balaban J connectivity index is 1.93. The molecule has 8 heteroatoms. The molecule has 1 aromatic heterocycles. The number of anilines is 1. The van der Waals surface area contributed by atoms with Gasteiger partial charge in [-0.3, -0.25) is 14.5 Å². The number of aliphatic hydroxyl groups excluding tert-OH is 1. The molecular formula is C20H14FN3O3S. The zero-order chi connectivity index (χ0) is 19.8. The lowest BCUT2D eigenvalue weighted by molar-refractivity contribution is -0.132. The van der Waals surface area contributed by atoms with E-state index >= 15 is 0 Å². The van der Waals surface area contributed by atoms with Crippen LogP contribution in [0.5, 0.6) is 0 Å². The highest BCUT2D eigenvalue weighted by molar-refractivity contribution is 7.13. The van der Waals surface area contributed by atoms with Crippen molar-refractivity contribution in [1.82, 2.24) is 10.2 Å². The Morgan fingerprint density at radius 2 is 1.79 bits per heavy atom. The molecule has 2 aromatic carbocycles. The number of rotatable bonds is 3. The summed E-state index contributed by atoms with van der Waals surface area (Å²) >= 11 is 1.12. The van der Waals surface area contributed by atoms with Gasteiger partial charge in [0, 0.05) is 5.56 Å². The van der Waals surface area contributed by atoms with Crippen LogP contribution in [-0.2, 0) is 9.59 Å². The van der Waals surface area contributed by atoms with Gasteiger partial charge in [-0.2, -0.15) is 0 Å². The monoisotopic (exact) mass is 395 g/mol. The fourth-order valence-electron chi connectivity index (χ4n) is 3.13. The zero-order valence-electron chi connectivity index (χ0n) is 14.7. The first-order valence-corrected chi connectivity index (χ1v) is 9.25. The van der Waals surface area contributed by atoms with E-state index in [0.29, 0.717) is 5.56 Å². The van der Waals surface area contributed by atoms with Crippen molar-refractivity contribution in [2.75, 3.05) is 4.90 Å². The summed E-state index contributed by atoms with van der Waals surface area (Å²) in [6.07, 6.45) is 0. The van der Waals surface area contributed by atoms with Gasteiger partial charge in [0.2, 0.25) is 5.13 Å². The van der Waals surface area contributed by atoms with E-state index in [2.05, 4.69) is 10.2 Å². The van der Waals surface area contributed by atoms with Gasteiger partial charge in [-0.05, 0) is 36.8 Å². The molecule has 1 saturated heterocycles. The Morgan fingerprint density at radius 1 is 1.11 bits per heavy atom. The summed E-state index contributed by atoms with van der Waals surface area (Å²) in [6, 6.07) is 11.5. The van der Waals surface area contributed by atoms with Crippen molar-refractivity contribution in [3.8, 4) is 0 Å². The van der Waals surface area contributed by atoms with E-state index in [1.165, 1.54) is 34.7 Å². The first kappa shape index (κ1) is 18.0. The number of aryl methyl sites for hydroxylation is 1. The van der Waals surface area contributed by atoms with E-state index in [1.54, 1.807) is 12.1 Å². The number of ketones is 1. The number of hydrogen-bond donors (Lipinski definition) is 1. The van der Waals surface area contributed by atoms with Gasteiger partial charge in [-0.1, -0.05) is 41.2 Å². The van der Waals surface area contributed by atoms with E-state index in [1.807, 2.05) is 19.1 Å². The van der Waals surface area contributed by atoms with Gasteiger partial charge in [0.05, 0.1) is 11.6 Å². The molecule has 1 unspecified atom stereocenters. The van der Waals surface area contributed by atoms with Crippen molar-refractivity contribution in [2.45, 2.75) is 13.0 Å². The Bertz CT molecular complexity index is 1080. The summed E-state index contributed by atoms with van der Waals surface area (Å²) < 4.78 is 13.3. The number of Topliss-reactive ketones (excluding diaryl/α,β-unsaturated/α-hetero) is 1. The van der Waals surface area contributed by atoms with E-state index < -0.39 is 23.5 Å². The number of amides is 1. The van der Waals surface area contributed by atoms with Gasteiger partial charge < -0.3 is 5.11 Å². The molecule has 1 fully saturated rings. The number of carbonyl (C=O) groups excluding carboxylic acids is 2. The summed E-state index contributed by atoms with van der Waals surface area (Å²) in [5.41, 5.74) is 3.28. The van der Waals surface area contributed by atoms with E-state index in [-0.39, 0.29) is 22.0 Å². The second kappa shape index (κ2) is 6.97. The van der Waals surface area contributed by atoms with Crippen LogP contribution < -0.4 is 4.90 Å². The third-order valence-electron chi connectivity index (χ3n) is 4.51. The van der Waals surface area contributed by atoms with Gasteiger partial charge in [0.1, 0.15) is 17.1 Å². The minimum absolute atomic E-state index is 0.0735. The third kappa shape index (κ3) is 2.97. The van der Waals surface area contributed by atoms with E-state index in [0.717, 1.165) is 16.9 Å². The Kier molecular flexibility index (Phi) is 4.48. The molecule has 3 aromatic rings. The van der Waals surface area contributed by atoms with Crippen LogP contribution in [0.3, 0.4) is 0 Å². The van der Waals surface area contributed by atoms with Gasteiger partial charge in [0.25, 0.3) is 5.78 Å². The maximum Gasteiger partial charge on any atom is 0.301 e. The first-order chi connectivity index (χ1) is 13.5. The highest BCUT2D eigenvalue weighted by Gasteiger charge is 2.48. The average molecular weight is 395 g/mol. The van der Waals surface area contributed by atoms with Crippen molar-refractivity contribution in [2.24, 2.45) is 0 Å². The highest BCUT2D eigenvalue weighted by atomic mass is 32.1. The number of benzene rings is 2. The van der Waals surface area contributed by atoms with Gasteiger partial charge in [-0.25, -0.2) is 4.39 Å². The number of halogens is 1. The fourth-order valence-corrected chi connectivity index (χ4v) is 3.71. The molecule has 1 amide bonds. The topological polar surface area (TPSA) is 83.4 Å². The van der Waals surface area contributed by atoms with Crippen LogP contribution in [0.25, 0.3) is 5.76 Å². The van der Waals surface area contributed by atoms with Gasteiger partial charge in [-0.15, -0.1) is 10.2 Å². The van der Waals surface area contributed by atoms with Gasteiger partial charge in [0.15, 0.2) is 0 Å². The van der Waals surface area contributed by atoms with Crippen LogP contribution in [0.2, 0.25) is 0 Å². The predicted octanol–water partition coefficient (Wildman–Crippen LogP) is 3.61. The van der Waals surface area contributed by atoms with Crippen LogP contribution in [-0.4, -0.2) is 27.0 Å². The van der Waals surface area contributed by atoms with Crippen molar-refractivity contribution >= 4 is 33.9 Å². The minimum atomic E-state index is -0.862. The molecule has 1 aliphatic heterocycles. The molecule has 1 aliphatic rings. The molecule has 1 N–H and O–H groups in total. The molecular weight excluding hydrogens is 381 g/mol. The molecule has 4 rings (SSSR count). The van der Waals surface area contributed by atoms with Crippen molar-refractivity contribution < 1.29 is 19.1 Å². The van der Waals surface area contributed by atoms with E-state index in [9.17, 15) is 19.1 Å². The SMILES string of the molecule is Cc1ccc(C2C(=C(O)c3ccc(F)cc3)C(=O)C(=O)N2c2nncs2)cc1. The average Bonchev–Trinajstić information content (AvgIpc) is 3.30. The second-order valence-corrected chi connectivity index (χ2v) is 7.12. The standard InChI is InChI=1S/C20H14FN3O3S/c1-11-2-4-12(5-3-11)16-15(17(25)13-6-8-14(21)9-7-13)18(26)19(27)24(16)20-23-22-10-28-20/h2-10,16,25H,1H3. The van der Waals surface area contributed by atoms with Crippen LogP contribution in [0.15, 0.2) is 59.6 Å². The smallest absolute Gasteiger partial charge is 0.301 e. The quantitative estimate of drug-likeness (QED) is 0.416. The molecule has 0 saturated carbocycles. The number of nitrogens with zero attached hydrogens (tertiary/aromatic N) is 3. The lowest BCUT2D eigenvalue weighted by Gasteiger charge is -2.22. The zero-order valence-corrected chi connectivity index (χ0v) is 15.5. The number of aromatic nitrogens is 2. The third-order valence-corrected chi connectivity index (χ3v) is 5.20. The van der Waals surface area contributed by atoms with Crippen molar-refractivity contribution in [3.05, 3.63) is 82.1 Å². The second-order valence-electron chi connectivity index (χ2n) is 6.31. The van der Waals surface area contributed by atoms with E-state index in [4.69, 9.17) is 0 Å². The van der Waals surface area contributed by atoms with Crippen LogP contribution in [0.1, 0.15) is 22.7 Å². The number of aliphatic hydroxyl groups is 1. The Morgan fingerprint density at radius 3 is 2.39 bits per heavy atom. The van der Waals surface area contributed by atoms with Crippen LogP contribution in [0.4, 0.5) is 9.52 Å². The molecule has 6 nitrogen and oxygen atoms in total. The Labute approximate surface area is 163 Å². The molecule has 0 aliphatic carbocycles. The number of carbonyl (C=O) groups is 2. The number of hydrogen-bond acceptors (Lipinski definition) is 6. The summed E-state index contributed by atoms with van der Waals surface area (Å²) in [5.74, 6) is -2.47. The summed E-state index contributed by atoms with van der Waals surface area (Å²) in [4.78, 5) is 26.8. The largest absolute Gasteiger partial charge is 0.507 e. The molecule has 0 radical (unpaired) electrons. The van der Waals surface area contributed by atoms with Gasteiger partial charge >= 0.3 is 5.91 Å². The molecule has 0 spiro atoms. The Hall–Kier alpha value is -3.39. The van der Waals surface area contributed by atoms with Crippen LogP contribution >= 0.6 is 11.3 Å². The minimum Gasteiger partial charge on any atom is -0.507 e. The fraction of sp³-hybridized carbons (Fsp3) is 0.100. The molecule has 0 bridgehead atoms. The highest BCUT2D eigenvalue weighted by Crippen LogP contribution is 2.42. The first-order valence-electron chi connectivity index (χ1n) is 8.37. The molecule has 28 heavy (non-hydrogen) atoms. The normalized spacial score (nSPS) is 18.6. The lowest BCUT2D eigenvalue weighted by Crippen LogP contribution is -2.29. The summed E-state index contributed by atoms with van der Waals surface area (Å²) in [6.45, 7) is 1.92. The lowest BCUT2D eigenvalue weighted by atomic mass is 9.95. The summed E-state index contributed by atoms with van der Waals surface area (Å²) in [5, 5.41) is 18.8. The van der Waals surface area contributed by atoms with Crippen LogP contribution in [0, 0.1) is 12.7 Å². The maximum absolute atomic E-state index is 13.3. The summed E-state index contributed by atoms with van der Waals surface area (Å²) in [7, 11) is 0. The predicted molar refractivity (Wildman–Crippen MR) is 102 cm³/mol. The van der Waals surface area contributed by atoms with Crippen molar-refractivity contribution in [3.63, 3.8) is 0 Å². The maximum atomic E-state index is 13.3. The molecule has 2 heterocycles. The molecule has 140 valence electrons.